The van der Waals surface area contributed by atoms with Crippen molar-refractivity contribution in [1.29, 1.82) is 0 Å². The Labute approximate surface area is 107 Å². The van der Waals surface area contributed by atoms with Gasteiger partial charge in [0, 0.05) is 29.9 Å². The molecule has 3 aromatic carbocycles. The molecule has 0 atom stereocenters. The Kier molecular flexibility index (Phi) is 2.63. The number of hydrogen-bond donors (Lipinski definition) is 0. The molecule has 0 radical (unpaired) electrons. The summed E-state index contributed by atoms with van der Waals surface area (Å²) in [6, 6.07) is 26.6. The Hall–Kier alpha value is -2.46. The zero-order chi connectivity index (χ0) is 12.4. The van der Waals surface area contributed by atoms with Crippen LogP contribution in [0.15, 0.2) is 60.7 Å². The van der Waals surface area contributed by atoms with Gasteiger partial charge in [-0.3, -0.25) is 0 Å². The lowest BCUT2D eigenvalue weighted by Crippen LogP contribution is -2.09. The van der Waals surface area contributed by atoms with Gasteiger partial charge in [-0.25, -0.2) is 0 Å². The second kappa shape index (κ2) is 4.43. The summed E-state index contributed by atoms with van der Waals surface area (Å²) < 4.78 is 0. The Bertz CT molecular complexity index is 653. The van der Waals surface area contributed by atoms with Gasteiger partial charge in [-0.2, -0.15) is 0 Å². The van der Waals surface area contributed by atoms with E-state index in [9.17, 15) is 0 Å². The Morgan fingerprint density at radius 2 is 1.72 bits per heavy atom. The van der Waals surface area contributed by atoms with Crippen molar-refractivity contribution in [3.8, 4) is 0 Å². The molecule has 0 saturated carbocycles. The maximum atomic E-state index is 2.99. The van der Waals surface area contributed by atoms with E-state index in [1.165, 1.54) is 16.5 Å². The van der Waals surface area contributed by atoms with Gasteiger partial charge in [0.25, 0.3) is 0 Å². The summed E-state index contributed by atoms with van der Waals surface area (Å²) in [5.74, 6) is 0. The molecule has 86 valence electrons. The summed E-state index contributed by atoms with van der Waals surface area (Å²) in [4.78, 5) is 2.17. The first-order valence-electron chi connectivity index (χ1n) is 5.95. The molecule has 3 aromatic rings. The van der Waals surface area contributed by atoms with Crippen molar-refractivity contribution in [2.45, 2.75) is 0 Å². The van der Waals surface area contributed by atoms with Crippen LogP contribution in [-0.2, 0) is 0 Å². The summed E-state index contributed by atoms with van der Waals surface area (Å²) in [6.45, 7) is 0. The lowest BCUT2D eigenvalue weighted by atomic mass is 10.1. The first-order chi connectivity index (χ1) is 8.86. The zero-order valence-corrected chi connectivity index (χ0v) is 10.2. The molecule has 0 aliphatic heterocycles. The molecule has 0 spiro atoms. The van der Waals surface area contributed by atoms with E-state index < -0.39 is 0 Å². The summed E-state index contributed by atoms with van der Waals surface area (Å²) in [7, 11) is 2.07. The molecule has 0 aliphatic rings. The van der Waals surface area contributed by atoms with E-state index >= 15 is 0 Å². The minimum absolute atomic E-state index is 1.12. The van der Waals surface area contributed by atoms with Crippen molar-refractivity contribution < 1.29 is 0 Å². The zero-order valence-electron chi connectivity index (χ0n) is 10.2. The van der Waals surface area contributed by atoms with E-state index in [1.54, 1.807) is 0 Å². The van der Waals surface area contributed by atoms with E-state index in [4.69, 9.17) is 0 Å². The summed E-state index contributed by atoms with van der Waals surface area (Å²) in [5.41, 5.74) is 2.32. The normalized spacial score (nSPS) is 10.1. The van der Waals surface area contributed by atoms with E-state index in [2.05, 4.69) is 66.5 Å². The summed E-state index contributed by atoms with van der Waals surface area (Å²) in [5, 5.41) is 2.52. The highest BCUT2D eigenvalue weighted by molar-refractivity contribution is 5.95. The maximum absolute atomic E-state index is 2.99. The fraction of sp³-hybridized carbons (Fsp3) is 0.0588. The second-order valence-corrected chi connectivity index (χ2v) is 4.25. The smallest absolute Gasteiger partial charge is 0.0499 e. The monoisotopic (exact) mass is 231 g/mol. The molecule has 3 rings (SSSR count). The average Bonchev–Trinajstić information content (AvgIpc) is 2.47. The van der Waals surface area contributed by atoms with E-state index in [-0.39, 0.29) is 0 Å². The SMILES string of the molecule is CN(c1cc#ccc1)c1cccc2ccccc12. The third kappa shape index (κ3) is 1.78. The Morgan fingerprint density at radius 1 is 0.889 bits per heavy atom. The van der Waals surface area contributed by atoms with Crippen molar-refractivity contribution >= 4 is 22.1 Å². The first kappa shape index (κ1) is 10.7. The highest BCUT2D eigenvalue weighted by atomic mass is 15.1. The van der Waals surface area contributed by atoms with Crippen LogP contribution in [0.25, 0.3) is 10.8 Å². The van der Waals surface area contributed by atoms with Crippen LogP contribution in [0.5, 0.6) is 0 Å². The van der Waals surface area contributed by atoms with Crippen molar-refractivity contribution in [3.63, 3.8) is 0 Å². The van der Waals surface area contributed by atoms with Gasteiger partial charge >= 0.3 is 0 Å². The van der Waals surface area contributed by atoms with Gasteiger partial charge in [0.15, 0.2) is 0 Å². The summed E-state index contributed by atoms with van der Waals surface area (Å²) in [6.07, 6.45) is 0. The van der Waals surface area contributed by atoms with Gasteiger partial charge in [0.2, 0.25) is 0 Å². The van der Waals surface area contributed by atoms with Crippen molar-refractivity contribution in [2.24, 2.45) is 0 Å². The fourth-order valence-electron chi connectivity index (χ4n) is 2.19. The van der Waals surface area contributed by atoms with Crippen LogP contribution < -0.4 is 4.90 Å². The number of anilines is 2. The Morgan fingerprint density at radius 3 is 2.56 bits per heavy atom. The average molecular weight is 231 g/mol. The minimum atomic E-state index is 1.12. The third-order valence-corrected chi connectivity index (χ3v) is 3.16. The van der Waals surface area contributed by atoms with Gasteiger partial charge in [0.1, 0.15) is 0 Å². The maximum Gasteiger partial charge on any atom is 0.0499 e. The highest BCUT2D eigenvalue weighted by Gasteiger charge is 2.06. The lowest BCUT2D eigenvalue weighted by Gasteiger charge is -2.20. The van der Waals surface area contributed by atoms with Crippen LogP contribution in [0.1, 0.15) is 0 Å². The van der Waals surface area contributed by atoms with Crippen LogP contribution >= 0.6 is 0 Å². The molecule has 0 aromatic heterocycles. The fourth-order valence-corrected chi connectivity index (χ4v) is 2.19. The van der Waals surface area contributed by atoms with Crippen LogP contribution in [0.3, 0.4) is 0 Å². The molecule has 0 heterocycles. The molecule has 18 heavy (non-hydrogen) atoms. The van der Waals surface area contributed by atoms with E-state index in [1.807, 2.05) is 18.2 Å². The lowest BCUT2D eigenvalue weighted by molar-refractivity contribution is 1.22. The molecule has 1 heteroatoms. The molecule has 0 aliphatic carbocycles. The van der Waals surface area contributed by atoms with Gasteiger partial charge in [-0.05, 0) is 23.6 Å². The molecular weight excluding hydrogens is 218 g/mol. The number of benzene rings is 2. The van der Waals surface area contributed by atoms with Crippen LogP contribution in [0, 0.1) is 12.1 Å². The third-order valence-electron chi connectivity index (χ3n) is 3.16. The predicted octanol–water partition coefficient (Wildman–Crippen LogP) is 4.21. The van der Waals surface area contributed by atoms with E-state index in [0.29, 0.717) is 0 Å². The minimum Gasteiger partial charge on any atom is -0.344 e. The molecule has 0 N–H and O–H groups in total. The van der Waals surface area contributed by atoms with Gasteiger partial charge < -0.3 is 4.90 Å². The molecule has 0 bridgehead atoms. The topological polar surface area (TPSA) is 3.24 Å². The van der Waals surface area contributed by atoms with Crippen molar-refractivity contribution in [2.75, 3.05) is 11.9 Å². The van der Waals surface area contributed by atoms with Gasteiger partial charge in [-0.1, -0.05) is 48.5 Å². The first-order valence-corrected chi connectivity index (χ1v) is 5.95. The van der Waals surface area contributed by atoms with Gasteiger partial charge in [0.05, 0.1) is 0 Å². The molecule has 0 fully saturated rings. The van der Waals surface area contributed by atoms with Crippen LogP contribution in [0.4, 0.5) is 11.4 Å². The van der Waals surface area contributed by atoms with Crippen LogP contribution in [0.2, 0.25) is 0 Å². The number of rotatable bonds is 2. The molecule has 1 nitrogen and oxygen atoms in total. The Balaban J connectivity index is 2.15. The van der Waals surface area contributed by atoms with Crippen LogP contribution in [-0.4, -0.2) is 7.05 Å². The molecule has 0 saturated heterocycles. The largest absolute Gasteiger partial charge is 0.344 e. The molecule has 0 unspecified atom stereocenters. The molecular formula is C17H13N. The van der Waals surface area contributed by atoms with Crippen molar-refractivity contribution in [3.05, 3.63) is 72.8 Å². The number of fused-ring (bicyclic) bond motifs is 1. The summed E-state index contributed by atoms with van der Waals surface area (Å²) >= 11 is 0. The van der Waals surface area contributed by atoms with Crippen molar-refractivity contribution in [1.82, 2.24) is 0 Å². The quantitative estimate of drug-likeness (QED) is 0.638. The van der Waals surface area contributed by atoms with E-state index in [0.717, 1.165) is 5.69 Å². The van der Waals surface area contributed by atoms with Gasteiger partial charge in [-0.15, -0.1) is 0 Å². The highest BCUT2D eigenvalue weighted by Crippen LogP contribution is 2.30. The number of nitrogens with zero attached hydrogens (tertiary/aromatic N) is 1. The predicted molar refractivity (Wildman–Crippen MR) is 76.1 cm³/mol. The molecule has 0 amide bonds. The number of hydrogen-bond acceptors (Lipinski definition) is 1. The standard InChI is InChI=1S/C17H13N/c1-18(15-10-3-2-4-11-15)17-13-7-9-14-8-5-6-12-16(14)17/h3,5-13H,1H3. The second-order valence-electron chi connectivity index (χ2n) is 4.25.